The Balaban J connectivity index is 1.55. The van der Waals surface area contributed by atoms with Gasteiger partial charge in [-0.15, -0.1) is 0 Å². The molecular formula is C19H20F3N5O. The first-order valence-electron chi connectivity index (χ1n) is 8.75. The Morgan fingerprint density at radius 2 is 1.82 bits per heavy atom. The highest BCUT2D eigenvalue weighted by Gasteiger charge is 2.32. The normalized spacial score (nSPS) is 14.7. The van der Waals surface area contributed by atoms with Crippen molar-refractivity contribution >= 4 is 17.4 Å². The van der Waals surface area contributed by atoms with Crippen LogP contribution in [0.25, 0.3) is 0 Å². The Kier molecular flexibility index (Phi) is 5.81. The molecule has 1 amide bonds. The number of hydrogen-bond donors (Lipinski definition) is 1. The monoisotopic (exact) mass is 391 g/mol. The Morgan fingerprint density at radius 1 is 1.14 bits per heavy atom. The van der Waals surface area contributed by atoms with Crippen LogP contribution in [-0.4, -0.2) is 47.0 Å². The van der Waals surface area contributed by atoms with E-state index >= 15 is 0 Å². The van der Waals surface area contributed by atoms with Crippen molar-refractivity contribution in [3.05, 3.63) is 60.6 Å². The molecule has 148 valence electrons. The summed E-state index contributed by atoms with van der Waals surface area (Å²) in [5, 5.41) is 2.88. The average Bonchev–Trinajstić information content (AvgIpc) is 2.72. The molecule has 6 nitrogen and oxygen atoms in total. The van der Waals surface area contributed by atoms with Crippen LogP contribution in [0.4, 0.5) is 24.7 Å². The molecule has 1 aromatic heterocycles. The quantitative estimate of drug-likeness (QED) is 0.795. The van der Waals surface area contributed by atoms with Crippen molar-refractivity contribution in [1.29, 1.82) is 0 Å². The van der Waals surface area contributed by atoms with E-state index in [2.05, 4.69) is 26.8 Å². The van der Waals surface area contributed by atoms with Gasteiger partial charge in [-0.1, -0.05) is 18.7 Å². The lowest BCUT2D eigenvalue weighted by Crippen LogP contribution is -2.48. The number of nitrogens with zero attached hydrogens (tertiary/aromatic N) is 4. The number of amides is 1. The molecule has 2 aromatic rings. The highest BCUT2D eigenvalue weighted by Crippen LogP contribution is 2.28. The van der Waals surface area contributed by atoms with E-state index in [1.165, 1.54) is 6.08 Å². The molecule has 28 heavy (non-hydrogen) atoms. The molecule has 1 aliphatic rings. The maximum absolute atomic E-state index is 12.7. The zero-order valence-corrected chi connectivity index (χ0v) is 15.1. The predicted molar refractivity (Wildman–Crippen MR) is 99.8 cm³/mol. The Hall–Kier alpha value is -3.10. The fourth-order valence-electron chi connectivity index (χ4n) is 2.94. The summed E-state index contributed by atoms with van der Waals surface area (Å²) in [4.78, 5) is 22.6. The van der Waals surface area contributed by atoms with Gasteiger partial charge in [-0.05, 0) is 23.8 Å². The molecule has 1 aromatic carbocycles. The highest BCUT2D eigenvalue weighted by atomic mass is 19.4. The van der Waals surface area contributed by atoms with Crippen molar-refractivity contribution in [3.8, 4) is 0 Å². The van der Waals surface area contributed by atoms with Crippen LogP contribution in [0.3, 0.4) is 0 Å². The third kappa shape index (κ3) is 4.79. The highest BCUT2D eigenvalue weighted by molar-refractivity contribution is 5.87. The van der Waals surface area contributed by atoms with Crippen molar-refractivity contribution in [1.82, 2.24) is 14.9 Å². The zero-order chi connectivity index (χ0) is 20.1. The minimum absolute atomic E-state index is 0.0560. The molecule has 1 fully saturated rings. The topological polar surface area (TPSA) is 61.4 Å². The number of rotatable bonds is 5. The fraction of sp³-hybridized carbons (Fsp3) is 0.316. The number of carbonyl (C=O) groups is 1. The summed E-state index contributed by atoms with van der Waals surface area (Å²) >= 11 is 0. The zero-order valence-electron chi connectivity index (χ0n) is 15.1. The first-order chi connectivity index (χ1) is 13.4. The molecule has 3 rings (SSSR count). The van der Waals surface area contributed by atoms with E-state index in [9.17, 15) is 18.0 Å². The van der Waals surface area contributed by atoms with Gasteiger partial charge in [0.2, 0.25) is 5.91 Å². The van der Waals surface area contributed by atoms with Crippen LogP contribution in [0.2, 0.25) is 0 Å². The largest absolute Gasteiger partial charge is 0.433 e. The van der Waals surface area contributed by atoms with Crippen LogP contribution in [0.5, 0.6) is 0 Å². The SMILES string of the molecule is C=CC(=O)N1CCN(c2ccc(CNc3cc(C(F)(F)F)ncn3)cc2)CC1. The van der Waals surface area contributed by atoms with Crippen molar-refractivity contribution < 1.29 is 18.0 Å². The molecule has 0 unspecified atom stereocenters. The minimum Gasteiger partial charge on any atom is -0.368 e. The second kappa shape index (κ2) is 8.28. The lowest BCUT2D eigenvalue weighted by Gasteiger charge is -2.35. The first-order valence-corrected chi connectivity index (χ1v) is 8.75. The Labute approximate surface area is 160 Å². The van der Waals surface area contributed by atoms with Gasteiger partial charge in [0.05, 0.1) is 0 Å². The van der Waals surface area contributed by atoms with E-state index < -0.39 is 11.9 Å². The van der Waals surface area contributed by atoms with Gasteiger partial charge in [0.1, 0.15) is 17.8 Å². The van der Waals surface area contributed by atoms with E-state index in [0.29, 0.717) is 19.6 Å². The maximum Gasteiger partial charge on any atom is 0.433 e. The number of aromatic nitrogens is 2. The molecule has 9 heteroatoms. The standard InChI is InChI=1S/C19H20F3N5O/c1-2-18(28)27-9-7-26(8-10-27)15-5-3-14(4-6-15)12-23-17-11-16(19(20,21)22)24-13-25-17/h2-6,11,13H,1,7-10,12H2,(H,23,24,25). The van der Waals surface area contributed by atoms with Gasteiger partial charge >= 0.3 is 6.18 Å². The molecular weight excluding hydrogens is 371 g/mol. The van der Waals surface area contributed by atoms with E-state index in [4.69, 9.17) is 0 Å². The lowest BCUT2D eigenvalue weighted by atomic mass is 10.1. The molecule has 2 heterocycles. The summed E-state index contributed by atoms with van der Waals surface area (Å²) in [6.45, 7) is 6.60. The number of benzene rings is 1. The van der Waals surface area contributed by atoms with Gasteiger partial charge in [-0.3, -0.25) is 4.79 Å². The fourth-order valence-corrected chi connectivity index (χ4v) is 2.94. The number of anilines is 2. The number of hydrogen-bond acceptors (Lipinski definition) is 5. The molecule has 0 saturated carbocycles. The predicted octanol–water partition coefficient (Wildman–Crippen LogP) is 2.94. The van der Waals surface area contributed by atoms with Crippen molar-refractivity contribution in [2.75, 3.05) is 36.4 Å². The molecule has 1 saturated heterocycles. The summed E-state index contributed by atoms with van der Waals surface area (Å²) in [6.07, 6.45) is -2.28. The molecule has 0 aliphatic carbocycles. The third-order valence-electron chi connectivity index (χ3n) is 4.50. The van der Waals surface area contributed by atoms with Gasteiger partial charge in [-0.2, -0.15) is 13.2 Å². The van der Waals surface area contributed by atoms with Crippen LogP contribution < -0.4 is 10.2 Å². The summed E-state index contributed by atoms with van der Waals surface area (Å²) in [5.41, 5.74) is 0.974. The van der Waals surface area contributed by atoms with Crippen LogP contribution in [0, 0.1) is 0 Å². The second-order valence-corrected chi connectivity index (χ2v) is 6.32. The van der Waals surface area contributed by atoms with Crippen LogP contribution >= 0.6 is 0 Å². The van der Waals surface area contributed by atoms with Crippen LogP contribution in [-0.2, 0) is 17.5 Å². The second-order valence-electron chi connectivity index (χ2n) is 6.32. The van der Waals surface area contributed by atoms with E-state index in [0.717, 1.165) is 36.7 Å². The smallest absolute Gasteiger partial charge is 0.368 e. The van der Waals surface area contributed by atoms with Crippen LogP contribution in [0.1, 0.15) is 11.3 Å². The molecule has 1 N–H and O–H groups in total. The number of alkyl halides is 3. The first kappa shape index (κ1) is 19.7. The molecule has 0 spiro atoms. The maximum atomic E-state index is 12.7. The summed E-state index contributed by atoms with van der Waals surface area (Å²) < 4.78 is 38.1. The average molecular weight is 391 g/mol. The van der Waals surface area contributed by atoms with Gasteiger partial charge in [0.15, 0.2) is 0 Å². The van der Waals surface area contributed by atoms with Gasteiger partial charge < -0.3 is 15.1 Å². The number of nitrogens with one attached hydrogen (secondary N) is 1. The lowest BCUT2D eigenvalue weighted by molar-refractivity contribution is -0.141. The summed E-state index contributed by atoms with van der Waals surface area (Å²) in [5.74, 6) is 0.0638. The van der Waals surface area contributed by atoms with E-state index in [1.807, 2.05) is 24.3 Å². The van der Waals surface area contributed by atoms with Gasteiger partial charge in [0, 0.05) is 44.5 Å². The third-order valence-corrected chi connectivity index (χ3v) is 4.50. The number of carbonyl (C=O) groups excluding carboxylic acids is 1. The van der Waals surface area contributed by atoms with Crippen molar-refractivity contribution in [2.24, 2.45) is 0 Å². The Morgan fingerprint density at radius 3 is 2.43 bits per heavy atom. The number of halogens is 3. The molecule has 0 atom stereocenters. The number of piperazine rings is 1. The summed E-state index contributed by atoms with van der Waals surface area (Å²) in [6, 6.07) is 8.63. The van der Waals surface area contributed by atoms with Crippen molar-refractivity contribution in [2.45, 2.75) is 12.7 Å². The van der Waals surface area contributed by atoms with E-state index in [1.54, 1.807) is 4.90 Å². The minimum atomic E-state index is -4.50. The van der Waals surface area contributed by atoms with Gasteiger partial charge in [0.25, 0.3) is 0 Å². The molecule has 0 bridgehead atoms. The van der Waals surface area contributed by atoms with E-state index in [-0.39, 0.29) is 11.7 Å². The van der Waals surface area contributed by atoms with Gasteiger partial charge in [-0.25, -0.2) is 9.97 Å². The van der Waals surface area contributed by atoms with Crippen LogP contribution in [0.15, 0.2) is 49.3 Å². The molecule has 1 aliphatic heterocycles. The Bertz CT molecular complexity index is 830. The molecule has 0 radical (unpaired) electrons. The summed E-state index contributed by atoms with van der Waals surface area (Å²) in [7, 11) is 0. The van der Waals surface area contributed by atoms with Crippen molar-refractivity contribution in [3.63, 3.8) is 0 Å².